The van der Waals surface area contributed by atoms with Gasteiger partial charge < -0.3 is 9.84 Å². The van der Waals surface area contributed by atoms with Crippen LogP contribution in [0.15, 0.2) is 41.3 Å². The van der Waals surface area contributed by atoms with Crippen LogP contribution in [0, 0.1) is 5.92 Å². The minimum Gasteiger partial charge on any atom is -0.480 e. The molecule has 0 fully saturated rings. The lowest BCUT2D eigenvalue weighted by Crippen LogP contribution is -2.42. The molecule has 2 rings (SSSR count). The van der Waals surface area contributed by atoms with Gasteiger partial charge in [-0.05, 0) is 55.9 Å². The van der Waals surface area contributed by atoms with Crippen LogP contribution in [-0.2, 0) is 14.8 Å². The number of sulfonamides is 1. The van der Waals surface area contributed by atoms with Crippen LogP contribution in [0.3, 0.4) is 0 Å². The fourth-order valence-electron chi connectivity index (χ4n) is 2.68. The van der Waals surface area contributed by atoms with Crippen LogP contribution < -0.4 is 9.46 Å². The number of aliphatic carboxylic acids is 1. The van der Waals surface area contributed by atoms with Crippen molar-refractivity contribution in [2.45, 2.75) is 43.0 Å². The third-order valence-electron chi connectivity index (χ3n) is 3.91. The molecule has 6 nitrogen and oxygen atoms in total. The first-order valence-electron chi connectivity index (χ1n) is 7.83. The molecule has 2 N–H and O–H groups in total. The van der Waals surface area contributed by atoms with Gasteiger partial charge in [0, 0.05) is 0 Å². The molecule has 0 spiro atoms. The molecule has 1 aromatic carbocycles. The van der Waals surface area contributed by atoms with Gasteiger partial charge in [-0.25, -0.2) is 8.42 Å². The molecule has 0 radical (unpaired) electrons. The maximum atomic E-state index is 12.3. The first-order valence-corrected chi connectivity index (χ1v) is 9.31. The van der Waals surface area contributed by atoms with Crippen LogP contribution in [-0.4, -0.2) is 31.9 Å². The van der Waals surface area contributed by atoms with E-state index >= 15 is 0 Å². The summed E-state index contributed by atoms with van der Waals surface area (Å²) in [4.78, 5) is 11.1. The number of carboxylic acids is 1. The Labute approximate surface area is 148 Å². The highest BCUT2D eigenvalue weighted by Crippen LogP contribution is 2.25. The summed E-state index contributed by atoms with van der Waals surface area (Å²) < 4.78 is 66.9. The molecule has 2 atom stereocenters. The zero-order valence-corrected chi connectivity index (χ0v) is 14.4. The van der Waals surface area contributed by atoms with E-state index in [4.69, 9.17) is 0 Å². The highest BCUT2D eigenvalue weighted by atomic mass is 32.2. The van der Waals surface area contributed by atoms with Crippen molar-refractivity contribution in [2.75, 3.05) is 0 Å². The Kier molecular flexibility index (Phi) is 6.30. The highest BCUT2D eigenvalue weighted by Gasteiger charge is 2.32. The smallest absolute Gasteiger partial charge is 0.480 e. The average Bonchev–Trinajstić information content (AvgIpc) is 2.54. The predicted octanol–water partition coefficient (Wildman–Crippen LogP) is 3.06. The van der Waals surface area contributed by atoms with Gasteiger partial charge in [0.2, 0.25) is 10.0 Å². The van der Waals surface area contributed by atoms with Gasteiger partial charge in [-0.3, -0.25) is 4.79 Å². The number of alkyl halides is 3. The number of hydrogen-bond donors (Lipinski definition) is 2. The Bertz CT molecular complexity index is 759. The number of ether oxygens (including phenoxy) is 1. The number of hydrogen-bond acceptors (Lipinski definition) is 4. The molecule has 0 heterocycles. The summed E-state index contributed by atoms with van der Waals surface area (Å²) in [6, 6.07) is 2.23. The second kappa shape index (κ2) is 8.09. The van der Waals surface area contributed by atoms with Gasteiger partial charge in [-0.15, -0.1) is 13.2 Å². The van der Waals surface area contributed by atoms with Crippen molar-refractivity contribution in [3.63, 3.8) is 0 Å². The zero-order valence-electron chi connectivity index (χ0n) is 13.6. The summed E-state index contributed by atoms with van der Waals surface area (Å²) in [6.07, 6.45) is 1.42. The predicted molar refractivity (Wildman–Crippen MR) is 86.0 cm³/mol. The minimum absolute atomic E-state index is 0.0476. The fourth-order valence-corrected chi connectivity index (χ4v) is 3.88. The lowest BCUT2D eigenvalue weighted by molar-refractivity contribution is -0.274. The van der Waals surface area contributed by atoms with Gasteiger partial charge in [-0.2, -0.15) is 4.72 Å². The maximum Gasteiger partial charge on any atom is 0.573 e. The highest BCUT2D eigenvalue weighted by molar-refractivity contribution is 7.89. The number of benzene rings is 1. The number of nitrogens with one attached hydrogen (secondary N) is 1. The summed E-state index contributed by atoms with van der Waals surface area (Å²) in [5.41, 5.74) is 0. The molecule has 10 heteroatoms. The number of allylic oxidation sites excluding steroid dienone is 2. The summed E-state index contributed by atoms with van der Waals surface area (Å²) in [6.45, 7) is 0. The topological polar surface area (TPSA) is 92.7 Å². The van der Waals surface area contributed by atoms with E-state index in [9.17, 15) is 31.5 Å². The van der Waals surface area contributed by atoms with Crippen LogP contribution in [0.25, 0.3) is 0 Å². The molecule has 1 aliphatic carbocycles. The second-order valence-electron chi connectivity index (χ2n) is 5.92. The van der Waals surface area contributed by atoms with E-state index in [1.165, 1.54) is 0 Å². The molecule has 1 aliphatic rings. The lowest BCUT2D eigenvalue weighted by atomic mass is 9.89. The first kappa shape index (κ1) is 20.2. The third kappa shape index (κ3) is 6.03. The molecule has 0 saturated carbocycles. The average molecular weight is 393 g/mol. The lowest BCUT2D eigenvalue weighted by Gasteiger charge is -2.22. The van der Waals surface area contributed by atoms with E-state index in [0.717, 1.165) is 37.1 Å². The van der Waals surface area contributed by atoms with Crippen molar-refractivity contribution in [1.82, 2.24) is 4.72 Å². The molecule has 0 aromatic heterocycles. The number of carbonyl (C=O) groups is 1. The van der Waals surface area contributed by atoms with Gasteiger partial charge >= 0.3 is 12.3 Å². The Morgan fingerprint density at radius 2 is 1.92 bits per heavy atom. The van der Waals surface area contributed by atoms with E-state index in [1.807, 2.05) is 12.2 Å². The van der Waals surface area contributed by atoms with Crippen molar-refractivity contribution in [1.29, 1.82) is 0 Å². The Morgan fingerprint density at radius 3 is 2.42 bits per heavy atom. The third-order valence-corrected chi connectivity index (χ3v) is 5.40. The second-order valence-corrected chi connectivity index (χ2v) is 7.63. The molecule has 0 aliphatic heterocycles. The molecule has 1 aromatic rings. The van der Waals surface area contributed by atoms with Crippen LogP contribution in [0.2, 0.25) is 0 Å². The molecule has 0 saturated heterocycles. The van der Waals surface area contributed by atoms with Crippen LogP contribution in [0.5, 0.6) is 5.75 Å². The van der Waals surface area contributed by atoms with E-state index < -0.39 is 34.1 Å². The quantitative estimate of drug-likeness (QED) is 0.695. The Morgan fingerprint density at radius 1 is 1.27 bits per heavy atom. The number of rotatable bonds is 7. The summed E-state index contributed by atoms with van der Waals surface area (Å²) in [5, 5.41) is 9.30. The Balaban J connectivity index is 2.09. The molecule has 144 valence electrons. The summed E-state index contributed by atoms with van der Waals surface area (Å²) in [7, 11) is -4.20. The van der Waals surface area contributed by atoms with Crippen molar-refractivity contribution >= 4 is 16.0 Å². The largest absolute Gasteiger partial charge is 0.573 e. The van der Waals surface area contributed by atoms with Gasteiger partial charge in [0.15, 0.2) is 0 Å². The maximum absolute atomic E-state index is 12.3. The van der Waals surface area contributed by atoms with Crippen LogP contribution in [0.1, 0.15) is 25.7 Å². The van der Waals surface area contributed by atoms with Crippen molar-refractivity contribution in [2.24, 2.45) is 5.92 Å². The SMILES string of the molecule is O=C(O)C(C[C@@H]1CC=CCC1)NS(=O)(=O)c1ccc(OC(F)(F)F)cc1. The molecule has 0 bridgehead atoms. The van der Waals surface area contributed by atoms with Crippen molar-refractivity contribution in [3.8, 4) is 5.75 Å². The van der Waals surface area contributed by atoms with Gasteiger partial charge in [-0.1, -0.05) is 12.2 Å². The Hall–Kier alpha value is -2.07. The standard InChI is InChI=1S/C16H18F3NO5S/c17-16(18,19)25-12-6-8-13(9-7-12)26(23,24)20-14(15(21)22)10-11-4-2-1-3-5-11/h1-2,6-9,11,14,20H,3-5,10H2,(H,21,22)/t11-,14?/m1/s1. The van der Waals surface area contributed by atoms with Gasteiger partial charge in [0.05, 0.1) is 4.90 Å². The van der Waals surface area contributed by atoms with E-state index in [0.29, 0.717) is 6.42 Å². The molecule has 0 amide bonds. The zero-order chi connectivity index (χ0) is 19.4. The first-order chi connectivity index (χ1) is 12.1. The summed E-state index contributed by atoms with van der Waals surface area (Å²) in [5.74, 6) is -1.83. The van der Waals surface area contributed by atoms with Crippen LogP contribution in [0.4, 0.5) is 13.2 Å². The van der Waals surface area contributed by atoms with Crippen molar-refractivity contribution < 1.29 is 36.2 Å². The molecular formula is C16H18F3NO5S. The van der Waals surface area contributed by atoms with E-state index in [-0.39, 0.29) is 17.2 Å². The van der Waals surface area contributed by atoms with Crippen LogP contribution >= 0.6 is 0 Å². The minimum atomic E-state index is -4.89. The van der Waals surface area contributed by atoms with E-state index in [1.54, 1.807) is 0 Å². The van der Waals surface area contributed by atoms with E-state index in [2.05, 4.69) is 9.46 Å². The summed E-state index contributed by atoms with van der Waals surface area (Å²) >= 11 is 0. The molecule has 26 heavy (non-hydrogen) atoms. The number of halogens is 3. The monoisotopic (exact) mass is 393 g/mol. The van der Waals surface area contributed by atoms with Crippen molar-refractivity contribution in [3.05, 3.63) is 36.4 Å². The molecular weight excluding hydrogens is 375 g/mol. The normalized spacial score (nSPS) is 19.1. The molecule has 1 unspecified atom stereocenters. The van der Waals surface area contributed by atoms with Gasteiger partial charge in [0.25, 0.3) is 0 Å². The van der Waals surface area contributed by atoms with Gasteiger partial charge in [0.1, 0.15) is 11.8 Å². The number of carboxylic acid groups (broad SMARTS) is 1. The fraction of sp³-hybridized carbons (Fsp3) is 0.438.